The van der Waals surface area contributed by atoms with Gasteiger partial charge in [0, 0.05) is 0 Å². The van der Waals surface area contributed by atoms with Gasteiger partial charge in [0.2, 0.25) is 0 Å². The van der Waals surface area contributed by atoms with E-state index in [4.69, 9.17) is 10.2 Å². The molecule has 0 aliphatic heterocycles. The average molecular weight is 543 g/mol. The second kappa shape index (κ2) is 17.4. The molecule has 0 bridgehead atoms. The van der Waals surface area contributed by atoms with Gasteiger partial charge in [-0.05, 0) is 73.9 Å². The number of carbonyl (C=O) groups is 2. The van der Waals surface area contributed by atoms with Crippen LogP contribution in [0.5, 0.6) is 0 Å². The van der Waals surface area contributed by atoms with Crippen molar-refractivity contribution < 1.29 is 30.0 Å². The summed E-state index contributed by atoms with van der Waals surface area (Å²) in [5.74, 6) is -1.70. The molecule has 4 unspecified atom stereocenters. The molecular formula is C34H38O6. The number of hydrogen-bond acceptors (Lipinski definition) is 4. The van der Waals surface area contributed by atoms with Crippen LogP contribution in [-0.4, -0.2) is 44.6 Å². The lowest BCUT2D eigenvalue weighted by atomic mass is 9.77. The maximum absolute atomic E-state index is 10.3. The van der Waals surface area contributed by atoms with Gasteiger partial charge in [-0.3, -0.25) is 0 Å². The lowest BCUT2D eigenvalue weighted by Crippen LogP contribution is -2.35. The number of aliphatic hydroxyl groups excluding tert-OH is 2. The number of hydrogen-bond donors (Lipinski definition) is 4. The van der Waals surface area contributed by atoms with Crippen molar-refractivity contribution in [2.45, 2.75) is 38.9 Å². The van der Waals surface area contributed by atoms with Crippen LogP contribution >= 0.6 is 0 Å². The second-order valence-corrected chi connectivity index (χ2v) is 9.53. The van der Waals surface area contributed by atoms with Crippen molar-refractivity contribution in [1.29, 1.82) is 0 Å². The third-order valence-corrected chi connectivity index (χ3v) is 6.46. The smallest absolute Gasteiger partial charge is 0.335 e. The van der Waals surface area contributed by atoms with Crippen LogP contribution < -0.4 is 0 Å². The van der Waals surface area contributed by atoms with E-state index < -0.39 is 24.1 Å². The fourth-order valence-electron chi connectivity index (χ4n) is 4.29. The van der Waals surface area contributed by atoms with Gasteiger partial charge in [0.1, 0.15) is 0 Å². The SMILES string of the molecule is CC(O)C(Cc1ccccc1)C(Cc1ccccc1)C(C)O.O=C(O)c1ccccc1.O=C(O)c1ccccc1. The summed E-state index contributed by atoms with van der Waals surface area (Å²) in [4.78, 5) is 20.4. The molecule has 0 spiro atoms. The van der Waals surface area contributed by atoms with Crippen LogP contribution in [0.2, 0.25) is 0 Å². The molecule has 6 heteroatoms. The van der Waals surface area contributed by atoms with Gasteiger partial charge in [-0.2, -0.15) is 0 Å². The van der Waals surface area contributed by atoms with E-state index in [2.05, 4.69) is 24.3 Å². The molecule has 4 atom stereocenters. The van der Waals surface area contributed by atoms with Crippen LogP contribution in [0, 0.1) is 11.8 Å². The lowest BCUT2D eigenvalue weighted by Gasteiger charge is -2.32. The van der Waals surface area contributed by atoms with Crippen LogP contribution in [0.3, 0.4) is 0 Å². The molecule has 0 amide bonds. The van der Waals surface area contributed by atoms with Crippen molar-refractivity contribution in [2.24, 2.45) is 11.8 Å². The zero-order chi connectivity index (χ0) is 29.3. The van der Waals surface area contributed by atoms with Crippen molar-refractivity contribution in [2.75, 3.05) is 0 Å². The molecule has 0 saturated heterocycles. The highest BCUT2D eigenvalue weighted by molar-refractivity contribution is 5.87. The summed E-state index contributed by atoms with van der Waals surface area (Å²) in [7, 11) is 0. The summed E-state index contributed by atoms with van der Waals surface area (Å²) in [6.45, 7) is 3.65. The summed E-state index contributed by atoms with van der Waals surface area (Å²) in [5, 5.41) is 37.3. The van der Waals surface area contributed by atoms with E-state index >= 15 is 0 Å². The average Bonchev–Trinajstić information content (AvgIpc) is 2.97. The second-order valence-electron chi connectivity index (χ2n) is 9.53. The van der Waals surface area contributed by atoms with Crippen LogP contribution in [0.25, 0.3) is 0 Å². The molecule has 4 aromatic carbocycles. The third-order valence-electron chi connectivity index (χ3n) is 6.46. The molecule has 0 radical (unpaired) electrons. The molecule has 0 aliphatic rings. The highest BCUT2D eigenvalue weighted by Gasteiger charge is 2.29. The van der Waals surface area contributed by atoms with Crippen molar-refractivity contribution in [3.63, 3.8) is 0 Å². The summed E-state index contributed by atoms with van der Waals surface area (Å²) in [6.07, 6.45) is 0.647. The Kier molecular flexibility index (Phi) is 13.9. The Morgan fingerprint density at radius 3 is 0.950 bits per heavy atom. The third kappa shape index (κ3) is 11.6. The van der Waals surface area contributed by atoms with E-state index in [1.165, 1.54) is 11.1 Å². The first kappa shape index (κ1) is 32.0. The Balaban J connectivity index is 0.000000254. The first-order valence-corrected chi connectivity index (χ1v) is 13.2. The predicted molar refractivity (Wildman–Crippen MR) is 157 cm³/mol. The molecule has 0 aromatic heterocycles. The fraction of sp³-hybridized carbons (Fsp3) is 0.235. The number of carboxylic acid groups (broad SMARTS) is 2. The van der Waals surface area contributed by atoms with E-state index in [9.17, 15) is 19.8 Å². The number of aromatic carboxylic acids is 2. The van der Waals surface area contributed by atoms with Crippen molar-refractivity contribution in [1.82, 2.24) is 0 Å². The zero-order valence-electron chi connectivity index (χ0n) is 22.9. The van der Waals surface area contributed by atoms with Gasteiger partial charge < -0.3 is 20.4 Å². The molecule has 40 heavy (non-hydrogen) atoms. The highest BCUT2D eigenvalue weighted by Crippen LogP contribution is 2.28. The molecule has 0 fully saturated rings. The largest absolute Gasteiger partial charge is 0.478 e. The van der Waals surface area contributed by atoms with Crippen LogP contribution in [0.15, 0.2) is 121 Å². The Labute approximate surface area is 236 Å². The Morgan fingerprint density at radius 1 is 0.500 bits per heavy atom. The van der Waals surface area contributed by atoms with Gasteiger partial charge in [0.05, 0.1) is 23.3 Å². The number of benzene rings is 4. The predicted octanol–water partition coefficient (Wildman–Crippen LogP) is 6.24. The number of carboxylic acids is 2. The van der Waals surface area contributed by atoms with Crippen LogP contribution in [0.1, 0.15) is 45.7 Å². The Bertz CT molecular complexity index is 1140. The molecular weight excluding hydrogens is 504 g/mol. The van der Waals surface area contributed by atoms with Crippen LogP contribution in [-0.2, 0) is 12.8 Å². The van der Waals surface area contributed by atoms with Gasteiger partial charge in [-0.15, -0.1) is 0 Å². The molecule has 0 heterocycles. The molecule has 4 aromatic rings. The maximum Gasteiger partial charge on any atom is 0.335 e. The first-order chi connectivity index (χ1) is 19.2. The Morgan fingerprint density at radius 2 is 0.750 bits per heavy atom. The minimum absolute atomic E-state index is 0.0302. The zero-order valence-corrected chi connectivity index (χ0v) is 22.9. The van der Waals surface area contributed by atoms with E-state index in [1.807, 2.05) is 50.2 Å². The van der Waals surface area contributed by atoms with Crippen molar-refractivity contribution in [3.8, 4) is 0 Å². The van der Waals surface area contributed by atoms with Gasteiger partial charge in [-0.1, -0.05) is 97.1 Å². The molecule has 0 saturated carbocycles. The Hall–Kier alpha value is -4.26. The molecule has 4 N–H and O–H groups in total. The van der Waals surface area contributed by atoms with Crippen molar-refractivity contribution >= 4 is 11.9 Å². The number of rotatable bonds is 9. The minimum Gasteiger partial charge on any atom is -0.478 e. The van der Waals surface area contributed by atoms with Gasteiger partial charge in [-0.25, -0.2) is 9.59 Å². The summed E-state index contributed by atoms with van der Waals surface area (Å²) in [5.41, 5.74) is 3.06. The molecule has 4 rings (SSSR count). The van der Waals surface area contributed by atoms with Gasteiger partial charge in [0.25, 0.3) is 0 Å². The molecule has 0 aliphatic carbocycles. The van der Waals surface area contributed by atoms with Crippen molar-refractivity contribution in [3.05, 3.63) is 144 Å². The van der Waals surface area contributed by atoms with E-state index in [-0.39, 0.29) is 11.8 Å². The standard InChI is InChI=1S/C20H26O2.2C7H6O2/c1-15(21)19(13-17-9-5-3-6-10-17)20(16(2)22)14-18-11-7-4-8-12-18;2*8-7(9)6-4-2-1-3-5-6/h3-12,15-16,19-22H,13-14H2,1-2H3;2*1-5H,(H,8,9). The normalized spacial score (nSPS) is 13.2. The highest BCUT2D eigenvalue weighted by atomic mass is 16.4. The van der Waals surface area contributed by atoms with E-state index in [0.717, 1.165) is 12.8 Å². The van der Waals surface area contributed by atoms with E-state index in [1.54, 1.807) is 60.7 Å². The maximum atomic E-state index is 10.3. The minimum atomic E-state index is -0.879. The number of aliphatic hydroxyl groups is 2. The summed E-state index contributed by atoms with van der Waals surface area (Å²) >= 11 is 0. The van der Waals surface area contributed by atoms with E-state index in [0.29, 0.717) is 11.1 Å². The van der Waals surface area contributed by atoms with Gasteiger partial charge >= 0.3 is 11.9 Å². The van der Waals surface area contributed by atoms with Gasteiger partial charge in [0.15, 0.2) is 0 Å². The molecule has 6 nitrogen and oxygen atoms in total. The summed E-state index contributed by atoms with van der Waals surface area (Å²) in [6, 6.07) is 37.0. The van der Waals surface area contributed by atoms with Crippen LogP contribution in [0.4, 0.5) is 0 Å². The fourth-order valence-corrected chi connectivity index (χ4v) is 4.29. The topological polar surface area (TPSA) is 115 Å². The molecule has 210 valence electrons. The quantitative estimate of drug-likeness (QED) is 0.199. The lowest BCUT2D eigenvalue weighted by molar-refractivity contribution is 0.0226. The first-order valence-electron chi connectivity index (χ1n) is 13.2. The monoisotopic (exact) mass is 542 g/mol. The summed E-state index contributed by atoms with van der Waals surface area (Å²) < 4.78 is 0.